The third-order valence-corrected chi connectivity index (χ3v) is 4.09. The molecule has 0 saturated carbocycles. The van der Waals surface area contributed by atoms with Gasteiger partial charge in [-0.25, -0.2) is 0 Å². The van der Waals surface area contributed by atoms with Gasteiger partial charge >= 0.3 is 0 Å². The van der Waals surface area contributed by atoms with E-state index in [1.165, 1.54) is 5.56 Å². The molecule has 27 heavy (non-hydrogen) atoms. The van der Waals surface area contributed by atoms with Gasteiger partial charge in [0.2, 0.25) is 0 Å². The number of rotatable bonds is 6. The topological polar surface area (TPSA) is 50.4 Å². The number of nitrogens with one attached hydrogen (secondary N) is 2. The van der Waals surface area contributed by atoms with Crippen LogP contribution in [0.2, 0.25) is 0 Å². The molecule has 136 valence electrons. The van der Waals surface area contributed by atoms with Gasteiger partial charge in [-0.1, -0.05) is 60.7 Å². The van der Waals surface area contributed by atoms with Gasteiger partial charge in [-0.3, -0.25) is 10.1 Å². The molecule has 3 aromatic carbocycles. The molecule has 0 aliphatic heterocycles. The number of amides is 1. The van der Waals surface area contributed by atoms with Crippen molar-refractivity contribution in [2.75, 3.05) is 11.9 Å². The molecule has 0 fully saturated rings. The second kappa shape index (κ2) is 9.50. The van der Waals surface area contributed by atoms with E-state index in [1.807, 2.05) is 54.6 Å². The molecule has 0 aliphatic rings. The van der Waals surface area contributed by atoms with E-state index >= 15 is 0 Å². The molecule has 5 heteroatoms. The van der Waals surface area contributed by atoms with Crippen molar-refractivity contribution >= 4 is 28.9 Å². The number of thiocarbonyl (C=S) groups is 1. The van der Waals surface area contributed by atoms with E-state index in [9.17, 15) is 4.79 Å². The Balaban J connectivity index is 1.59. The van der Waals surface area contributed by atoms with Crippen LogP contribution in [0.25, 0.3) is 0 Å². The van der Waals surface area contributed by atoms with Crippen molar-refractivity contribution in [3.63, 3.8) is 0 Å². The van der Waals surface area contributed by atoms with Crippen molar-refractivity contribution in [2.24, 2.45) is 0 Å². The quantitative estimate of drug-likeness (QED) is 0.625. The minimum Gasteiger partial charge on any atom is -0.492 e. The summed E-state index contributed by atoms with van der Waals surface area (Å²) in [5.74, 6) is 0.229. The molecule has 0 saturated heterocycles. The van der Waals surface area contributed by atoms with Gasteiger partial charge in [0.1, 0.15) is 5.75 Å². The van der Waals surface area contributed by atoms with E-state index in [4.69, 9.17) is 17.0 Å². The lowest BCUT2D eigenvalue weighted by Gasteiger charge is -2.13. The minimum atomic E-state index is -0.307. The molecule has 0 bridgehead atoms. The summed E-state index contributed by atoms with van der Waals surface area (Å²) in [6, 6.07) is 26.7. The van der Waals surface area contributed by atoms with Crippen LogP contribution in [0.4, 0.5) is 5.69 Å². The minimum absolute atomic E-state index is 0.241. The Bertz CT molecular complexity index is 898. The van der Waals surface area contributed by atoms with Crippen molar-refractivity contribution in [2.45, 2.75) is 6.42 Å². The summed E-state index contributed by atoms with van der Waals surface area (Å²) in [5.41, 5.74) is 2.45. The first-order chi connectivity index (χ1) is 13.2. The summed E-state index contributed by atoms with van der Waals surface area (Å²) in [6.07, 6.45) is 0.769. The van der Waals surface area contributed by atoms with Crippen LogP contribution in [0.3, 0.4) is 0 Å². The monoisotopic (exact) mass is 376 g/mol. The van der Waals surface area contributed by atoms with E-state index in [0.717, 1.165) is 12.1 Å². The van der Waals surface area contributed by atoms with Crippen molar-refractivity contribution in [1.82, 2.24) is 5.32 Å². The Kier molecular flexibility index (Phi) is 6.55. The first-order valence-electron chi connectivity index (χ1n) is 8.65. The largest absolute Gasteiger partial charge is 0.492 e. The number of ether oxygens (including phenoxy) is 1. The van der Waals surface area contributed by atoms with Gasteiger partial charge in [0.15, 0.2) is 5.11 Å². The van der Waals surface area contributed by atoms with E-state index in [-0.39, 0.29) is 11.0 Å². The maximum atomic E-state index is 12.6. The van der Waals surface area contributed by atoms with Crippen LogP contribution in [-0.2, 0) is 6.42 Å². The molecule has 0 unspecified atom stereocenters. The molecule has 3 aromatic rings. The maximum Gasteiger partial charge on any atom is 0.261 e. The molecule has 0 heterocycles. The molecule has 0 radical (unpaired) electrons. The smallest absolute Gasteiger partial charge is 0.261 e. The lowest BCUT2D eigenvalue weighted by atomic mass is 10.1. The third-order valence-electron chi connectivity index (χ3n) is 3.88. The second-order valence-electron chi connectivity index (χ2n) is 5.85. The number of hydrogen-bond donors (Lipinski definition) is 2. The zero-order valence-electron chi connectivity index (χ0n) is 14.7. The Morgan fingerprint density at radius 2 is 1.48 bits per heavy atom. The van der Waals surface area contributed by atoms with E-state index < -0.39 is 0 Å². The molecule has 4 nitrogen and oxygen atoms in total. The standard InChI is InChI=1S/C22H20N2O2S/c25-21(24-22(27)23-18-11-5-2-6-12-18)19-13-7-8-14-20(19)26-16-15-17-9-3-1-4-10-17/h1-14H,15-16H2,(H2,23,24,25,27). The molecule has 0 aliphatic carbocycles. The van der Waals surface area contributed by atoms with E-state index in [0.29, 0.717) is 17.9 Å². The number of anilines is 1. The zero-order valence-corrected chi connectivity index (χ0v) is 15.5. The first kappa shape index (κ1) is 18.6. The zero-order chi connectivity index (χ0) is 18.9. The van der Waals surface area contributed by atoms with Crippen LogP contribution in [-0.4, -0.2) is 17.6 Å². The molecule has 3 rings (SSSR count). The Morgan fingerprint density at radius 3 is 2.22 bits per heavy atom. The van der Waals surface area contributed by atoms with Crippen LogP contribution in [0.1, 0.15) is 15.9 Å². The average Bonchev–Trinajstić information content (AvgIpc) is 2.70. The summed E-state index contributed by atoms with van der Waals surface area (Å²) < 4.78 is 5.84. The normalized spacial score (nSPS) is 10.1. The Labute approximate surface area is 164 Å². The van der Waals surface area contributed by atoms with Gasteiger partial charge in [0.05, 0.1) is 12.2 Å². The van der Waals surface area contributed by atoms with Crippen molar-refractivity contribution in [3.05, 3.63) is 96.1 Å². The lowest BCUT2D eigenvalue weighted by Crippen LogP contribution is -2.34. The highest BCUT2D eigenvalue weighted by molar-refractivity contribution is 7.80. The number of carbonyl (C=O) groups excluding carboxylic acids is 1. The summed E-state index contributed by atoms with van der Waals surface area (Å²) in [5, 5.41) is 5.92. The van der Waals surface area contributed by atoms with Crippen molar-refractivity contribution < 1.29 is 9.53 Å². The predicted molar refractivity (Wildman–Crippen MR) is 112 cm³/mol. The molecule has 1 amide bonds. The van der Waals surface area contributed by atoms with Crippen LogP contribution >= 0.6 is 12.2 Å². The van der Waals surface area contributed by atoms with Crippen molar-refractivity contribution in [3.8, 4) is 5.75 Å². The molecule has 0 atom stereocenters. The highest BCUT2D eigenvalue weighted by Gasteiger charge is 2.13. The van der Waals surface area contributed by atoms with Gasteiger partial charge in [-0.2, -0.15) is 0 Å². The SMILES string of the molecule is O=C(NC(=S)Nc1ccccc1)c1ccccc1OCCc1ccccc1. The van der Waals surface area contributed by atoms with Crippen LogP contribution in [0, 0.1) is 0 Å². The summed E-state index contributed by atoms with van der Waals surface area (Å²) >= 11 is 5.22. The highest BCUT2D eigenvalue weighted by atomic mass is 32.1. The van der Waals surface area contributed by atoms with Gasteiger partial charge in [-0.05, 0) is 42.0 Å². The fraction of sp³-hybridized carbons (Fsp3) is 0.0909. The Morgan fingerprint density at radius 1 is 0.852 bits per heavy atom. The van der Waals surface area contributed by atoms with Gasteiger partial charge in [0, 0.05) is 12.1 Å². The maximum absolute atomic E-state index is 12.6. The van der Waals surface area contributed by atoms with Gasteiger partial charge in [0.25, 0.3) is 5.91 Å². The summed E-state index contributed by atoms with van der Waals surface area (Å²) in [7, 11) is 0. The summed E-state index contributed by atoms with van der Waals surface area (Å²) in [4.78, 5) is 12.6. The first-order valence-corrected chi connectivity index (χ1v) is 9.06. The third kappa shape index (κ3) is 5.66. The van der Waals surface area contributed by atoms with E-state index in [1.54, 1.807) is 18.2 Å². The van der Waals surface area contributed by atoms with Crippen molar-refractivity contribution in [1.29, 1.82) is 0 Å². The van der Waals surface area contributed by atoms with E-state index in [2.05, 4.69) is 22.8 Å². The fourth-order valence-corrected chi connectivity index (χ4v) is 2.77. The van der Waals surface area contributed by atoms with Crippen LogP contribution in [0.5, 0.6) is 5.75 Å². The molecule has 0 aromatic heterocycles. The van der Waals surface area contributed by atoms with Gasteiger partial charge in [-0.15, -0.1) is 0 Å². The Hall–Kier alpha value is -3.18. The number of benzene rings is 3. The second-order valence-corrected chi connectivity index (χ2v) is 6.26. The van der Waals surface area contributed by atoms with Crippen LogP contribution in [0.15, 0.2) is 84.9 Å². The molecule has 2 N–H and O–H groups in total. The van der Waals surface area contributed by atoms with Crippen LogP contribution < -0.4 is 15.4 Å². The molecular weight excluding hydrogens is 356 g/mol. The number of carbonyl (C=O) groups is 1. The highest BCUT2D eigenvalue weighted by Crippen LogP contribution is 2.18. The molecular formula is C22H20N2O2S. The average molecular weight is 376 g/mol. The number of hydrogen-bond acceptors (Lipinski definition) is 3. The fourth-order valence-electron chi connectivity index (χ4n) is 2.56. The predicted octanol–water partition coefficient (Wildman–Crippen LogP) is 4.43. The number of para-hydroxylation sites is 2. The summed E-state index contributed by atoms with van der Waals surface area (Å²) in [6.45, 7) is 0.487. The van der Waals surface area contributed by atoms with Gasteiger partial charge < -0.3 is 10.1 Å². The molecule has 0 spiro atoms. The lowest BCUT2D eigenvalue weighted by molar-refractivity contribution is 0.0974.